The molecular formula is C8H19BN2O2. The van der Waals surface area contributed by atoms with Crippen LogP contribution in [0.15, 0.2) is 0 Å². The fourth-order valence-corrected chi connectivity index (χ4v) is 1.56. The average Bonchev–Trinajstić information content (AvgIpc) is 1.94. The summed E-state index contributed by atoms with van der Waals surface area (Å²) in [5.74, 6) is 0.638. The lowest BCUT2D eigenvalue weighted by atomic mass is 9.82. The first-order valence-corrected chi connectivity index (χ1v) is 5.02. The van der Waals surface area contributed by atoms with Gasteiger partial charge in [-0.3, -0.25) is 0 Å². The first-order chi connectivity index (χ1) is 6.20. The molecule has 0 aromatic heterocycles. The molecule has 0 aromatic rings. The summed E-state index contributed by atoms with van der Waals surface area (Å²) in [4.78, 5) is 0. The van der Waals surface area contributed by atoms with Crippen molar-refractivity contribution >= 4 is 7.12 Å². The average molecular weight is 186 g/mol. The van der Waals surface area contributed by atoms with Gasteiger partial charge in [-0.1, -0.05) is 12.8 Å². The Hall–Kier alpha value is -0.0951. The van der Waals surface area contributed by atoms with Crippen LogP contribution in [0.2, 0.25) is 6.32 Å². The van der Waals surface area contributed by atoms with Gasteiger partial charge in [0.1, 0.15) is 0 Å². The molecule has 4 nitrogen and oxygen atoms in total. The van der Waals surface area contributed by atoms with Crippen LogP contribution in [0.5, 0.6) is 0 Å². The number of unbranched alkanes of at least 4 members (excludes halogenated alkanes) is 1. The van der Waals surface area contributed by atoms with Crippen LogP contribution in [-0.4, -0.2) is 36.3 Å². The Kier molecular flexibility index (Phi) is 4.73. The van der Waals surface area contributed by atoms with Crippen LogP contribution in [0, 0.1) is 5.92 Å². The van der Waals surface area contributed by atoms with Gasteiger partial charge in [0.05, 0.1) is 0 Å². The Morgan fingerprint density at radius 1 is 1.38 bits per heavy atom. The number of hydrogen-bond donors (Lipinski definition) is 4. The van der Waals surface area contributed by atoms with E-state index in [9.17, 15) is 0 Å². The van der Waals surface area contributed by atoms with Crippen molar-refractivity contribution < 1.29 is 10.0 Å². The van der Waals surface area contributed by atoms with Gasteiger partial charge in [-0.05, 0) is 18.7 Å². The molecule has 1 aliphatic heterocycles. The van der Waals surface area contributed by atoms with E-state index in [2.05, 4.69) is 5.32 Å². The number of rotatable bonds is 6. The zero-order valence-electron chi connectivity index (χ0n) is 7.95. The normalized spacial score (nSPS) is 19.6. The second-order valence-corrected chi connectivity index (χ2v) is 3.85. The van der Waals surface area contributed by atoms with Gasteiger partial charge in [-0.15, -0.1) is 0 Å². The van der Waals surface area contributed by atoms with Crippen molar-refractivity contribution in [2.75, 3.05) is 13.1 Å². The van der Waals surface area contributed by atoms with Crippen LogP contribution in [0.25, 0.3) is 0 Å². The van der Waals surface area contributed by atoms with E-state index in [0.29, 0.717) is 12.2 Å². The lowest BCUT2D eigenvalue weighted by Crippen LogP contribution is -2.51. The molecule has 1 saturated heterocycles. The molecule has 5 N–H and O–H groups in total. The van der Waals surface area contributed by atoms with Gasteiger partial charge in [0.25, 0.3) is 0 Å². The summed E-state index contributed by atoms with van der Waals surface area (Å²) in [5.41, 5.74) is 5.93. The van der Waals surface area contributed by atoms with Crippen molar-refractivity contribution in [3.8, 4) is 0 Å². The van der Waals surface area contributed by atoms with E-state index in [1.54, 1.807) is 0 Å². The van der Waals surface area contributed by atoms with Gasteiger partial charge in [0.15, 0.2) is 0 Å². The maximum atomic E-state index is 8.60. The highest BCUT2D eigenvalue weighted by molar-refractivity contribution is 6.40. The summed E-state index contributed by atoms with van der Waals surface area (Å²) in [6.45, 7) is 2.09. The van der Waals surface area contributed by atoms with Gasteiger partial charge in [-0.25, -0.2) is 0 Å². The quantitative estimate of drug-likeness (QED) is 0.322. The third-order valence-electron chi connectivity index (χ3n) is 2.67. The summed E-state index contributed by atoms with van der Waals surface area (Å²) < 4.78 is 0. The first kappa shape index (κ1) is 11.0. The number of nitrogens with two attached hydrogens (primary N) is 1. The summed E-state index contributed by atoms with van der Waals surface area (Å²) in [5, 5.41) is 20.4. The molecule has 1 atom stereocenters. The molecule has 1 fully saturated rings. The Morgan fingerprint density at radius 2 is 2.08 bits per heavy atom. The van der Waals surface area contributed by atoms with Crippen molar-refractivity contribution in [2.45, 2.75) is 31.6 Å². The van der Waals surface area contributed by atoms with Gasteiger partial charge in [0, 0.05) is 19.1 Å². The van der Waals surface area contributed by atoms with Crippen LogP contribution >= 0.6 is 0 Å². The molecule has 0 saturated carbocycles. The van der Waals surface area contributed by atoms with Crippen molar-refractivity contribution in [2.24, 2.45) is 11.7 Å². The summed E-state index contributed by atoms with van der Waals surface area (Å²) in [6, 6.07) is 0.289. The Morgan fingerprint density at radius 3 is 2.54 bits per heavy atom. The molecule has 1 aliphatic rings. The molecular weight excluding hydrogens is 167 g/mol. The monoisotopic (exact) mass is 186 g/mol. The van der Waals surface area contributed by atoms with Crippen molar-refractivity contribution in [3.05, 3.63) is 0 Å². The molecule has 5 heteroatoms. The van der Waals surface area contributed by atoms with Crippen LogP contribution < -0.4 is 11.1 Å². The second kappa shape index (κ2) is 5.60. The number of hydrogen-bond acceptors (Lipinski definition) is 4. The molecule has 1 rings (SSSR count). The SMILES string of the molecule is NC(CCCCB(O)O)C1CNC1. The predicted molar refractivity (Wildman–Crippen MR) is 53.2 cm³/mol. The van der Waals surface area contributed by atoms with Crippen LogP contribution in [0.3, 0.4) is 0 Å². The number of nitrogens with one attached hydrogen (secondary N) is 1. The van der Waals surface area contributed by atoms with Gasteiger partial charge >= 0.3 is 7.12 Å². The smallest absolute Gasteiger partial charge is 0.427 e. The Balaban J connectivity index is 1.92. The molecule has 76 valence electrons. The molecule has 13 heavy (non-hydrogen) atoms. The summed E-state index contributed by atoms with van der Waals surface area (Å²) in [6.07, 6.45) is 3.31. The topological polar surface area (TPSA) is 78.5 Å². The highest BCUT2D eigenvalue weighted by Crippen LogP contribution is 2.13. The second-order valence-electron chi connectivity index (χ2n) is 3.85. The predicted octanol–water partition coefficient (Wildman–Crippen LogP) is -0.824. The van der Waals surface area contributed by atoms with E-state index in [1.807, 2.05) is 0 Å². The third-order valence-corrected chi connectivity index (χ3v) is 2.67. The van der Waals surface area contributed by atoms with Gasteiger partial charge in [-0.2, -0.15) is 0 Å². The van der Waals surface area contributed by atoms with Crippen LogP contribution in [0.1, 0.15) is 19.3 Å². The fraction of sp³-hybridized carbons (Fsp3) is 1.00. The van der Waals surface area contributed by atoms with Gasteiger partial charge in [0.2, 0.25) is 0 Å². The minimum Gasteiger partial charge on any atom is -0.427 e. The standard InChI is InChI=1S/C8H19BN2O2/c10-8(7-5-11-6-7)3-1-2-4-9(12)13/h7-8,11-13H,1-6,10H2. The molecule has 0 radical (unpaired) electrons. The molecule has 0 bridgehead atoms. The fourth-order valence-electron chi connectivity index (χ4n) is 1.56. The lowest BCUT2D eigenvalue weighted by Gasteiger charge is -2.32. The first-order valence-electron chi connectivity index (χ1n) is 5.02. The van der Waals surface area contributed by atoms with Crippen molar-refractivity contribution in [3.63, 3.8) is 0 Å². The third kappa shape index (κ3) is 4.09. The zero-order chi connectivity index (χ0) is 9.68. The Bertz CT molecular complexity index is 142. The van der Waals surface area contributed by atoms with E-state index in [1.165, 1.54) is 0 Å². The molecule has 0 spiro atoms. The van der Waals surface area contributed by atoms with E-state index < -0.39 is 7.12 Å². The van der Waals surface area contributed by atoms with E-state index >= 15 is 0 Å². The minimum atomic E-state index is -1.15. The lowest BCUT2D eigenvalue weighted by molar-refractivity contribution is 0.277. The maximum absolute atomic E-state index is 8.60. The van der Waals surface area contributed by atoms with E-state index in [0.717, 1.165) is 32.4 Å². The van der Waals surface area contributed by atoms with E-state index in [4.69, 9.17) is 15.8 Å². The van der Waals surface area contributed by atoms with Crippen LogP contribution in [-0.2, 0) is 0 Å². The zero-order valence-corrected chi connectivity index (χ0v) is 7.95. The minimum absolute atomic E-state index is 0.289. The van der Waals surface area contributed by atoms with Crippen molar-refractivity contribution in [1.82, 2.24) is 5.32 Å². The Labute approximate surface area is 79.7 Å². The van der Waals surface area contributed by atoms with Gasteiger partial charge < -0.3 is 21.1 Å². The molecule has 0 amide bonds. The van der Waals surface area contributed by atoms with Crippen molar-refractivity contribution in [1.29, 1.82) is 0 Å². The highest BCUT2D eigenvalue weighted by Gasteiger charge is 2.23. The molecule has 0 aliphatic carbocycles. The molecule has 1 unspecified atom stereocenters. The largest absolute Gasteiger partial charge is 0.451 e. The van der Waals surface area contributed by atoms with Crippen LogP contribution in [0.4, 0.5) is 0 Å². The maximum Gasteiger partial charge on any atom is 0.451 e. The van der Waals surface area contributed by atoms with E-state index in [-0.39, 0.29) is 6.04 Å². The molecule has 0 aromatic carbocycles. The highest BCUT2D eigenvalue weighted by atomic mass is 16.4. The summed E-state index contributed by atoms with van der Waals surface area (Å²) >= 11 is 0. The summed E-state index contributed by atoms with van der Waals surface area (Å²) in [7, 11) is -1.15. The molecule has 1 heterocycles.